The van der Waals surface area contributed by atoms with Crippen LogP contribution in [0, 0.1) is 5.92 Å². The van der Waals surface area contributed by atoms with Gasteiger partial charge >= 0.3 is 0 Å². The Morgan fingerprint density at radius 2 is 1.62 bits per heavy atom. The zero-order chi connectivity index (χ0) is 11.8. The fourth-order valence-corrected chi connectivity index (χ4v) is 2.48. The van der Waals surface area contributed by atoms with Gasteiger partial charge < -0.3 is 10.0 Å². The highest BCUT2D eigenvalue weighted by atomic mass is 16.3. The predicted octanol–water partition coefficient (Wildman–Crippen LogP) is 1.42. The summed E-state index contributed by atoms with van der Waals surface area (Å²) in [6.45, 7) is 11.7. The van der Waals surface area contributed by atoms with Gasteiger partial charge in [-0.05, 0) is 25.4 Å². The molecule has 0 aromatic heterocycles. The van der Waals surface area contributed by atoms with Gasteiger partial charge in [-0.25, -0.2) is 0 Å². The lowest BCUT2D eigenvalue weighted by molar-refractivity contribution is 0.190. The van der Waals surface area contributed by atoms with Crippen LogP contribution >= 0.6 is 0 Å². The van der Waals surface area contributed by atoms with Crippen molar-refractivity contribution < 1.29 is 5.11 Å². The fraction of sp³-hybridized carbons (Fsp3) is 1.00. The Hall–Kier alpha value is -0.120. The van der Waals surface area contributed by atoms with Crippen LogP contribution in [0.25, 0.3) is 0 Å². The van der Waals surface area contributed by atoms with Crippen LogP contribution in [0.1, 0.15) is 33.1 Å². The van der Waals surface area contributed by atoms with E-state index < -0.39 is 0 Å². The van der Waals surface area contributed by atoms with E-state index in [1.165, 1.54) is 38.9 Å². The first kappa shape index (κ1) is 13.9. The van der Waals surface area contributed by atoms with Crippen molar-refractivity contribution >= 4 is 0 Å². The van der Waals surface area contributed by atoms with Crippen LogP contribution in [0.5, 0.6) is 0 Å². The minimum absolute atomic E-state index is 0.298. The molecule has 1 aliphatic rings. The van der Waals surface area contributed by atoms with E-state index in [2.05, 4.69) is 23.6 Å². The minimum atomic E-state index is 0.298. The number of nitrogens with zero attached hydrogens (tertiary/aromatic N) is 2. The van der Waals surface area contributed by atoms with Gasteiger partial charge in [0.05, 0.1) is 6.61 Å². The zero-order valence-electron chi connectivity index (χ0n) is 11.0. The molecule has 3 heteroatoms. The lowest BCUT2D eigenvalue weighted by atomic mass is 10.0. The lowest BCUT2D eigenvalue weighted by Crippen LogP contribution is -2.34. The molecule has 3 nitrogen and oxygen atoms in total. The van der Waals surface area contributed by atoms with E-state index in [9.17, 15) is 0 Å². The van der Waals surface area contributed by atoms with E-state index in [0.717, 1.165) is 25.6 Å². The van der Waals surface area contributed by atoms with Crippen molar-refractivity contribution in [3.8, 4) is 0 Å². The Morgan fingerprint density at radius 1 is 1.00 bits per heavy atom. The molecule has 1 fully saturated rings. The summed E-state index contributed by atoms with van der Waals surface area (Å²) in [7, 11) is 0. The standard InChI is InChI=1S/C13H28N2O/c1-3-13(4-2)12-15-7-5-6-14(8-9-15)10-11-16/h13,16H,3-12H2,1-2H3. The highest BCUT2D eigenvalue weighted by Crippen LogP contribution is 2.12. The largest absolute Gasteiger partial charge is 0.395 e. The second-order valence-electron chi connectivity index (χ2n) is 4.90. The smallest absolute Gasteiger partial charge is 0.0558 e. The number of hydrogen-bond donors (Lipinski definition) is 1. The number of aliphatic hydroxyl groups excluding tert-OH is 1. The van der Waals surface area contributed by atoms with Crippen LogP contribution in [0.4, 0.5) is 0 Å². The first-order chi connectivity index (χ1) is 7.80. The van der Waals surface area contributed by atoms with Gasteiger partial charge in [-0.1, -0.05) is 26.7 Å². The van der Waals surface area contributed by atoms with Gasteiger partial charge in [0, 0.05) is 26.2 Å². The molecule has 0 bridgehead atoms. The van der Waals surface area contributed by atoms with Crippen LogP contribution in [0.15, 0.2) is 0 Å². The molecule has 0 spiro atoms. The van der Waals surface area contributed by atoms with E-state index in [0.29, 0.717) is 6.61 Å². The molecule has 0 saturated carbocycles. The molecule has 0 aromatic rings. The number of hydrogen-bond acceptors (Lipinski definition) is 3. The summed E-state index contributed by atoms with van der Waals surface area (Å²) in [5, 5.41) is 8.94. The second kappa shape index (κ2) is 8.04. The molecule has 0 radical (unpaired) electrons. The summed E-state index contributed by atoms with van der Waals surface area (Å²) in [6, 6.07) is 0. The summed E-state index contributed by atoms with van der Waals surface area (Å²) in [6.07, 6.45) is 3.85. The van der Waals surface area contributed by atoms with Crippen molar-refractivity contribution in [3.05, 3.63) is 0 Å². The molecule has 0 amide bonds. The molecule has 0 unspecified atom stereocenters. The van der Waals surface area contributed by atoms with Gasteiger partial charge in [0.1, 0.15) is 0 Å². The van der Waals surface area contributed by atoms with Gasteiger partial charge in [-0.15, -0.1) is 0 Å². The van der Waals surface area contributed by atoms with E-state index in [-0.39, 0.29) is 0 Å². The molecule has 0 aliphatic carbocycles. The Balaban J connectivity index is 2.29. The Bertz CT molecular complexity index is 171. The lowest BCUT2D eigenvalue weighted by Gasteiger charge is -2.25. The average molecular weight is 228 g/mol. The molecular formula is C13H28N2O. The van der Waals surface area contributed by atoms with Crippen molar-refractivity contribution in [1.29, 1.82) is 0 Å². The highest BCUT2D eigenvalue weighted by molar-refractivity contribution is 4.71. The molecule has 0 aromatic carbocycles. The summed E-state index contributed by atoms with van der Waals surface area (Å²) >= 11 is 0. The van der Waals surface area contributed by atoms with E-state index >= 15 is 0 Å². The molecule has 96 valence electrons. The van der Waals surface area contributed by atoms with E-state index in [1.54, 1.807) is 0 Å². The summed E-state index contributed by atoms with van der Waals surface area (Å²) in [4.78, 5) is 4.99. The van der Waals surface area contributed by atoms with Gasteiger partial charge in [0.2, 0.25) is 0 Å². The van der Waals surface area contributed by atoms with Gasteiger partial charge in [0.15, 0.2) is 0 Å². The van der Waals surface area contributed by atoms with Gasteiger partial charge in [0.25, 0.3) is 0 Å². The molecule has 1 aliphatic heterocycles. The summed E-state index contributed by atoms with van der Waals surface area (Å²) in [5.41, 5.74) is 0. The van der Waals surface area contributed by atoms with E-state index in [4.69, 9.17) is 5.11 Å². The molecule has 1 heterocycles. The third-order valence-electron chi connectivity index (χ3n) is 3.77. The third kappa shape index (κ3) is 4.81. The van der Waals surface area contributed by atoms with Crippen molar-refractivity contribution in [1.82, 2.24) is 9.80 Å². The van der Waals surface area contributed by atoms with Crippen LogP contribution in [0.2, 0.25) is 0 Å². The molecule has 0 atom stereocenters. The van der Waals surface area contributed by atoms with Crippen LogP contribution in [0.3, 0.4) is 0 Å². The Labute approximate surface area is 100 Å². The maximum absolute atomic E-state index is 8.94. The number of rotatable bonds is 6. The maximum atomic E-state index is 8.94. The van der Waals surface area contributed by atoms with E-state index in [1.807, 2.05) is 0 Å². The van der Waals surface area contributed by atoms with Gasteiger partial charge in [-0.2, -0.15) is 0 Å². The van der Waals surface area contributed by atoms with Crippen LogP contribution in [-0.4, -0.2) is 60.8 Å². The van der Waals surface area contributed by atoms with Crippen molar-refractivity contribution in [3.63, 3.8) is 0 Å². The first-order valence-corrected chi connectivity index (χ1v) is 6.85. The quantitative estimate of drug-likeness (QED) is 0.745. The zero-order valence-corrected chi connectivity index (χ0v) is 11.0. The topological polar surface area (TPSA) is 26.7 Å². The number of aliphatic hydroxyl groups is 1. The molecule has 1 rings (SSSR count). The van der Waals surface area contributed by atoms with Crippen LogP contribution < -0.4 is 0 Å². The monoisotopic (exact) mass is 228 g/mol. The third-order valence-corrected chi connectivity index (χ3v) is 3.77. The molecular weight excluding hydrogens is 200 g/mol. The molecule has 1 saturated heterocycles. The normalized spacial score (nSPS) is 20.2. The highest BCUT2D eigenvalue weighted by Gasteiger charge is 2.16. The molecule has 16 heavy (non-hydrogen) atoms. The SMILES string of the molecule is CCC(CC)CN1CCCN(CCO)CC1. The Kier molecular flexibility index (Phi) is 7.01. The average Bonchev–Trinajstić information content (AvgIpc) is 2.52. The fourth-order valence-electron chi connectivity index (χ4n) is 2.48. The number of β-amino-alcohol motifs (C(OH)–C–C–N with tert-alkyl or cyclic N) is 1. The minimum Gasteiger partial charge on any atom is -0.395 e. The van der Waals surface area contributed by atoms with Crippen molar-refractivity contribution in [2.45, 2.75) is 33.1 Å². The van der Waals surface area contributed by atoms with Gasteiger partial charge in [-0.3, -0.25) is 4.90 Å². The second-order valence-corrected chi connectivity index (χ2v) is 4.90. The Morgan fingerprint density at radius 3 is 2.25 bits per heavy atom. The summed E-state index contributed by atoms with van der Waals surface area (Å²) in [5.74, 6) is 0.865. The molecule has 1 N–H and O–H groups in total. The maximum Gasteiger partial charge on any atom is 0.0558 e. The first-order valence-electron chi connectivity index (χ1n) is 6.85. The summed E-state index contributed by atoms with van der Waals surface area (Å²) < 4.78 is 0. The van der Waals surface area contributed by atoms with Crippen LogP contribution in [-0.2, 0) is 0 Å². The van der Waals surface area contributed by atoms with Crippen molar-refractivity contribution in [2.75, 3.05) is 45.9 Å². The van der Waals surface area contributed by atoms with Crippen molar-refractivity contribution in [2.24, 2.45) is 5.92 Å². The predicted molar refractivity (Wildman–Crippen MR) is 68.7 cm³/mol.